The molecule has 9 heteroatoms. The minimum atomic E-state index is -4.41. The molecule has 0 saturated carbocycles. The molecule has 0 bridgehead atoms. The lowest BCUT2D eigenvalue weighted by atomic mass is 10.1. The van der Waals surface area contributed by atoms with Crippen molar-refractivity contribution in [1.82, 2.24) is 19.7 Å². The van der Waals surface area contributed by atoms with Crippen LogP contribution in [0.15, 0.2) is 29.1 Å². The van der Waals surface area contributed by atoms with Gasteiger partial charge in [-0.1, -0.05) is 0 Å². The molecule has 0 aliphatic carbocycles. The van der Waals surface area contributed by atoms with Crippen LogP contribution in [0.4, 0.5) is 19.1 Å². The summed E-state index contributed by atoms with van der Waals surface area (Å²) >= 11 is 3.28. The number of rotatable bonds is 2. The summed E-state index contributed by atoms with van der Waals surface area (Å²) in [6, 6.07) is 0.895. The van der Waals surface area contributed by atoms with E-state index in [4.69, 9.17) is 0 Å². The van der Waals surface area contributed by atoms with E-state index in [9.17, 15) is 13.2 Å². The molecular weight excluding hydrogens is 363 g/mol. The molecule has 0 spiro atoms. The van der Waals surface area contributed by atoms with Gasteiger partial charge < -0.3 is 4.90 Å². The Hall–Kier alpha value is -1.64. The van der Waals surface area contributed by atoms with Crippen LogP contribution in [0, 0.1) is 0 Å². The summed E-state index contributed by atoms with van der Waals surface area (Å²) in [6.07, 6.45) is 1.92. The Morgan fingerprint density at radius 2 is 1.95 bits per heavy atom. The summed E-state index contributed by atoms with van der Waals surface area (Å²) in [5.74, 6) is 0.580. The monoisotopic (exact) mass is 375 g/mol. The van der Waals surface area contributed by atoms with Gasteiger partial charge in [0, 0.05) is 31.7 Å². The van der Waals surface area contributed by atoms with Gasteiger partial charge in [-0.15, -0.1) is 0 Å². The van der Waals surface area contributed by atoms with Crippen LogP contribution in [0.1, 0.15) is 24.6 Å². The molecule has 2 aromatic rings. The third-order valence-electron chi connectivity index (χ3n) is 3.56. The third-order valence-corrected chi connectivity index (χ3v) is 3.97. The Labute approximate surface area is 133 Å². The minimum Gasteiger partial charge on any atom is -0.339 e. The molecular formula is C13H13BrF3N5. The number of halogens is 4. The van der Waals surface area contributed by atoms with Gasteiger partial charge in [-0.05, 0) is 34.8 Å². The van der Waals surface area contributed by atoms with Crippen LogP contribution in [0.5, 0.6) is 0 Å². The fraction of sp³-hybridized carbons (Fsp3) is 0.462. The molecule has 5 nitrogen and oxygen atoms in total. The van der Waals surface area contributed by atoms with Crippen molar-refractivity contribution in [1.29, 1.82) is 0 Å². The first-order valence-corrected chi connectivity index (χ1v) is 7.57. The van der Waals surface area contributed by atoms with Crippen LogP contribution in [0.2, 0.25) is 0 Å². The molecule has 1 saturated heterocycles. The molecule has 3 heterocycles. The molecule has 118 valence electrons. The number of aromatic nitrogens is 4. The second kappa shape index (κ2) is 5.86. The van der Waals surface area contributed by atoms with Crippen molar-refractivity contribution in [3.63, 3.8) is 0 Å². The van der Waals surface area contributed by atoms with E-state index >= 15 is 0 Å². The van der Waals surface area contributed by atoms with Crippen molar-refractivity contribution in [2.24, 2.45) is 0 Å². The Morgan fingerprint density at radius 3 is 2.59 bits per heavy atom. The SMILES string of the molecule is FC(F)(F)c1ccn(C2CCCN(c3ncc(Br)cn3)C2)n1. The number of nitrogens with zero attached hydrogens (tertiary/aromatic N) is 5. The Kier molecular flexibility index (Phi) is 4.07. The number of anilines is 1. The molecule has 1 unspecified atom stereocenters. The highest BCUT2D eigenvalue weighted by Gasteiger charge is 2.34. The van der Waals surface area contributed by atoms with E-state index in [1.54, 1.807) is 12.4 Å². The van der Waals surface area contributed by atoms with Crippen LogP contribution in [-0.2, 0) is 6.18 Å². The van der Waals surface area contributed by atoms with Crippen molar-refractivity contribution in [2.75, 3.05) is 18.0 Å². The molecule has 0 amide bonds. The van der Waals surface area contributed by atoms with Gasteiger partial charge in [0.2, 0.25) is 5.95 Å². The summed E-state index contributed by atoms with van der Waals surface area (Å²) in [6.45, 7) is 1.33. The predicted octanol–water partition coefficient (Wildman–Crippen LogP) is 3.30. The zero-order valence-corrected chi connectivity index (χ0v) is 13.0. The molecule has 1 atom stereocenters. The maximum absolute atomic E-state index is 12.6. The van der Waals surface area contributed by atoms with Gasteiger partial charge in [0.15, 0.2) is 5.69 Å². The van der Waals surface area contributed by atoms with E-state index in [-0.39, 0.29) is 6.04 Å². The number of alkyl halides is 3. The van der Waals surface area contributed by atoms with Crippen molar-refractivity contribution in [3.05, 3.63) is 34.8 Å². The standard InChI is InChI=1S/C13H13BrF3N5/c14-9-6-18-12(19-7-9)21-4-1-2-10(8-21)22-5-3-11(20-22)13(15,16)17/h3,5-7,10H,1-2,4,8H2. The number of piperidine rings is 1. The average Bonchev–Trinajstić information content (AvgIpc) is 2.98. The lowest BCUT2D eigenvalue weighted by Gasteiger charge is -2.32. The van der Waals surface area contributed by atoms with Crippen LogP contribution < -0.4 is 4.90 Å². The van der Waals surface area contributed by atoms with E-state index in [2.05, 4.69) is 31.0 Å². The van der Waals surface area contributed by atoms with Crippen molar-refractivity contribution >= 4 is 21.9 Å². The molecule has 1 aliphatic heterocycles. The maximum Gasteiger partial charge on any atom is 0.435 e. The molecule has 1 fully saturated rings. The quantitative estimate of drug-likeness (QED) is 0.807. The summed E-state index contributed by atoms with van der Waals surface area (Å²) in [4.78, 5) is 10.4. The van der Waals surface area contributed by atoms with Gasteiger partial charge in [-0.3, -0.25) is 4.68 Å². The summed E-state index contributed by atoms with van der Waals surface area (Å²) in [5, 5.41) is 3.66. The van der Waals surface area contributed by atoms with E-state index < -0.39 is 11.9 Å². The molecule has 1 aliphatic rings. The van der Waals surface area contributed by atoms with Gasteiger partial charge in [0.25, 0.3) is 0 Å². The molecule has 3 rings (SSSR count). The molecule has 2 aromatic heterocycles. The highest BCUT2D eigenvalue weighted by Crippen LogP contribution is 2.29. The molecule has 0 aromatic carbocycles. The van der Waals surface area contributed by atoms with Gasteiger partial charge in [-0.25, -0.2) is 9.97 Å². The second-order valence-corrected chi connectivity index (χ2v) is 6.04. The van der Waals surface area contributed by atoms with E-state index in [0.717, 1.165) is 29.9 Å². The number of hydrogen-bond donors (Lipinski definition) is 0. The summed E-state index contributed by atoms with van der Waals surface area (Å²) < 4.78 is 40.1. The van der Waals surface area contributed by atoms with E-state index in [1.165, 1.54) is 10.9 Å². The van der Waals surface area contributed by atoms with Crippen LogP contribution in [-0.4, -0.2) is 32.8 Å². The Balaban J connectivity index is 1.75. The number of hydrogen-bond acceptors (Lipinski definition) is 4. The first-order valence-electron chi connectivity index (χ1n) is 6.78. The largest absolute Gasteiger partial charge is 0.435 e. The van der Waals surface area contributed by atoms with Crippen LogP contribution in [0.3, 0.4) is 0 Å². The molecule has 0 radical (unpaired) electrons. The molecule has 0 N–H and O–H groups in total. The Bertz CT molecular complexity index is 640. The lowest BCUT2D eigenvalue weighted by Crippen LogP contribution is -2.37. The third kappa shape index (κ3) is 3.23. The predicted molar refractivity (Wildman–Crippen MR) is 77.4 cm³/mol. The van der Waals surface area contributed by atoms with E-state index in [1.807, 2.05) is 4.90 Å². The fourth-order valence-electron chi connectivity index (χ4n) is 2.51. The van der Waals surface area contributed by atoms with Gasteiger partial charge >= 0.3 is 6.18 Å². The Morgan fingerprint density at radius 1 is 1.23 bits per heavy atom. The fourth-order valence-corrected chi connectivity index (χ4v) is 2.72. The van der Waals surface area contributed by atoms with Gasteiger partial charge in [0.05, 0.1) is 10.5 Å². The smallest absolute Gasteiger partial charge is 0.339 e. The lowest BCUT2D eigenvalue weighted by molar-refractivity contribution is -0.141. The molecule has 22 heavy (non-hydrogen) atoms. The van der Waals surface area contributed by atoms with Gasteiger partial charge in [-0.2, -0.15) is 18.3 Å². The van der Waals surface area contributed by atoms with Crippen molar-refractivity contribution < 1.29 is 13.2 Å². The zero-order chi connectivity index (χ0) is 15.7. The summed E-state index contributed by atoms with van der Waals surface area (Å²) in [7, 11) is 0. The van der Waals surface area contributed by atoms with Crippen molar-refractivity contribution in [3.8, 4) is 0 Å². The first kappa shape index (κ1) is 15.3. The summed E-state index contributed by atoms with van der Waals surface area (Å²) in [5.41, 5.74) is -0.857. The minimum absolute atomic E-state index is 0.114. The zero-order valence-electron chi connectivity index (χ0n) is 11.5. The first-order chi connectivity index (χ1) is 10.4. The van der Waals surface area contributed by atoms with Gasteiger partial charge in [0.1, 0.15) is 0 Å². The average molecular weight is 376 g/mol. The second-order valence-electron chi connectivity index (χ2n) is 5.12. The van der Waals surface area contributed by atoms with Crippen LogP contribution >= 0.6 is 15.9 Å². The highest BCUT2D eigenvalue weighted by molar-refractivity contribution is 9.10. The van der Waals surface area contributed by atoms with E-state index in [0.29, 0.717) is 12.5 Å². The maximum atomic E-state index is 12.6. The van der Waals surface area contributed by atoms with Crippen LogP contribution in [0.25, 0.3) is 0 Å². The normalized spacial score (nSPS) is 19.5. The van der Waals surface area contributed by atoms with Crippen molar-refractivity contribution in [2.45, 2.75) is 25.1 Å². The topological polar surface area (TPSA) is 46.8 Å². The highest BCUT2D eigenvalue weighted by atomic mass is 79.9.